The van der Waals surface area contributed by atoms with E-state index in [-0.39, 0.29) is 5.91 Å². The minimum Gasteiger partial charge on any atom is -0.491 e. The molecule has 4 aromatic rings. The molecular weight excluding hydrogens is 388 g/mol. The van der Waals surface area contributed by atoms with Crippen molar-refractivity contribution >= 4 is 16.9 Å². The maximum Gasteiger partial charge on any atom is 0.272 e. The first-order chi connectivity index (χ1) is 15.0. The van der Waals surface area contributed by atoms with Crippen molar-refractivity contribution in [1.82, 2.24) is 19.4 Å². The lowest BCUT2D eigenvalue weighted by Crippen LogP contribution is -2.28. The smallest absolute Gasteiger partial charge is 0.272 e. The number of imidazole rings is 1. The van der Waals surface area contributed by atoms with E-state index in [0.29, 0.717) is 25.4 Å². The van der Waals surface area contributed by atoms with E-state index in [1.54, 1.807) is 30.3 Å². The van der Waals surface area contributed by atoms with Gasteiger partial charge in [-0.05, 0) is 49.7 Å². The van der Waals surface area contributed by atoms with Crippen LogP contribution in [0.2, 0.25) is 0 Å². The third kappa shape index (κ3) is 4.58. The van der Waals surface area contributed by atoms with Crippen LogP contribution in [0.3, 0.4) is 0 Å². The van der Waals surface area contributed by atoms with Gasteiger partial charge >= 0.3 is 0 Å². The molecule has 0 radical (unpaired) electrons. The number of rotatable bonds is 7. The van der Waals surface area contributed by atoms with Gasteiger partial charge in [-0.15, -0.1) is 0 Å². The first-order valence-electron chi connectivity index (χ1n) is 10.3. The van der Waals surface area contributed by atoms with Crippen LogP contribution in [0.1, 0.15) is 27.4 Å². The number of aromatic nitrogens is 3. The number of ether oxygens (including phenoxy) is 1. The Morgan fingerprint density at radius 3 is 2.65 bits per heavy atom. The number of hydrogen-bond acceptors (Lipinski definition) is 4. The van der Waals surface area contributed by atoms with Gasteiger partial charge in [-0.3, -0.25) is 9.78 Å². The summed E-state index contributed by atoms with van der Waals surface area (Å²) in [5.41, 5.74) is 4.69. The molecular formula is C25H26N4O2. The van der Waals surface area contributed by atoms with Gasteiger partial charge in [-0.2, -0.15) is 0 Å². The van der Waals surface area contributed by atoms with E-state index in [4.69, 9.17) is 9.72 Å². The molecule has 158 valence electrons. The number of benzene rings is 2. The summed E-state index contributed by atoms with van der Waals surface area (Å²) in [5.74, 6) is 1.57. The summed E-state index contributed by atoms with van der Waals surface area (Å²) >= 11 is 0. The number of carbonyl (C=O) groups excluding carboxylic acids is 1. The number of fused-ring (bicyclic) bond motifs is 1. The van der Waals surface area contributed by atoms with Crippen molar-refractivity contribution in [2.45, 2.75) is 26.9 Å². The van der Waals surface area contributed by atoms with Gasteiger partial charge in [-0.1, -0.05) is 35.9 Å². The molecule has 0 aliphatic heterocycles. The second kappa shape index (κ2) is 9.00. The Kier molecular flexibility index (Phi) is 5.98. The monoisotopic (exact) mass is 414 g/mol. The van der Waals surface area contributed by atoms with Gasteiger partial charge < -0.3 is 14.2 Å². The minimum absolute atomic E-state index is 0.134. The molecule has 6 heteroatoms. The Morgan fingerprint density at radius 1 is 1.06 bits per heavy atom. The van der Waals surface area contributed by atoms with Gasteiger partial charge in [0.1, 0.15) is 23.9 Å². The maximum atomic E-state index is 12.7. The van der Waals surface area contributed by atoms with Crippen LogP contribution in [0.5, 0.6) is 5.75 Å². The van der Waals surface area contributed by atoms with E-state index in [1.165, 1.54) is 5.56 Å². The molecule has 0 aliphatic rings. The number of aryl methyl sites for hydroxylation is 2. The summed E-state index contributed by atoms with van der Waals surface area (Å²) in [6.45, 7) is 5.65. The van der Waals surface area contributed by atoms with Crippen LogP contribution in [-0.4, -0.2) is 39.0 Å². The second-order valence-corrected chi connectivity index (χ2v) is 7.66. The largest absolute Gasteiger partial charge is 0.491 e. The third-order valence-corrected chi connectivity index (χ3v) is 5.25. The summed E-state index contributed by atoms with van der Waals surface area (Å²) in [7, 11) is 1.77. The zero-order chi connectivity index (χ0) is 21.8. The average Bonchev–Trinajstić information content (AvgIpc) is 3.12. The number of para-hydroxylation sites is 2. The zero-order valence-corrected chi connectivity index (χ0v) is 18.1. The Balaban J connectivity index is 1.53. The molecule has 0 bridgehead atoms. The van der Waals surface area contributed by atoms with Crippen molar-refractivity contribution in [3.63, 3.8) is 0 Å². The SMILES string of the molecule is Cc1ccc(OCCn2c(CN(C)C(=O)c3ccccn3)nc3ccccc32)c(C)c1. The Morgan fingerprint density at radius 2 is 1.87 bits per heavy atom. The molecule has 0 saturated carbocycles. The lowest BCUT2D eigenvalue weighted by atomic mass is 10.1. The average molecular weight is 415 g/mol. The molecule has 2 aromatic heterocycles. The minimum atomic E-state index is -0.134. The van der Waals surface area contributed by atoms with Crippen LogP contribution in [0.25, 0.3) is 11.0 Å². The first kappa shape index (κ1) is 20.6. The maximum absolute atomic E-state index is 12.7. The summed E-state index contributed by atoms with van der Waals surface area (Å²) in [6.07, 6.45) is 1.63. The fraction of sp³-hybridized carbons (Fsp3) is 0.240. The Hall–Kier alpha value is -3.67. The Bertz CT molecular complexity index is 1200. The van der Waals surface area contributed by atoms with Crippen molar-refractivity contribution in [2.75, 3.05) is 13.7 Å². The molecule has 0 fully saturated rings. The van der Waals surface area contributed by atoms with Gasteiger partial charge in [0.05, 0.1) is 24.1 Å². The van der Waals surface area contributed by atoms with Crippen LogP contribution in [0.4, 0.5) is 0 Å². The fourth-order valence-electron chi connectivity index (χ4n) is 3.67. The highest BCUT2D eigenvalue weighted by Crippen LogP contribution is 2.20. The molecule has 0 saturated heterocycles. The van der Waals surface area contributed by atoms with Gasteiger partial charge in [0.2, 0.25) is 0 Å². The number of nitrogens with zero attached hydrogens (tertiary/aromatic N) is 4. The van der Waals surface area contributed by atoms with Crippen LogP contribution in [-0.2, 0) is 13.1 Å². The van der Waals surface area contributed by atoms with Crippen LogP contribution < -0.4 is 4.74 Å². The van der Waals surface area contributed by atoms with E-state index in [2.05, 4.69) is 35.5 Å². The summed E-state index contributed by atoms with van der Waals surface area (Å²) in [6, 6.07) is 19.5. The second-order valence-electron chi connectivity index (χ2n) is 7.66. The highest BCUT2D eigenvalue weighted by atomic mass is 16.5. The molecule has 1 amide bonds. The van der Waals surface area contributed by atoms with Crippen molar-refractivity contribution in [3.8, 4) is 5.75 Å². The molecule has 0 unspecified atom stereocenters. The molecule has 4 rings (SSSR count). The lowest BCUT2D eigenvalue weighted by molar-refractivity contribution is 0.0774. The van der Waals surface area contributed by atoms with Crippen molar-refractivity contribution in [2.24, 2.45) is 0 Å². The molecule has 0 atom stereocenters. The predicted octanol–water partition coefficient (Wildman–Crippen LogP) is 4.40. The van der Waals surface area contributed by atoms with Gasteiger partial charge in [0.15, 0.2) is 0 Å². The van der Waals surface area contributed by atoms with Gasteiger partial charge in [-0.25, -0.2) is 4.98 Å². The molecule has 2 aromatic carbocycles. The highest BCUT2D eigenvalue weighted by Gasteiger charge is 2.17. The van der Waals surface area contributed by atoms with E-state index in [1.807, 2.05) is 36.4 Å². The van der Waals surface area contributed by atoms with Crippen LogP contribution in [0.15, 0.2) is 66.9 Å². The van der Waals surface area contributed by atoms with Crippen molar-refractivity contribution < 1.29 is 9.53 Å². The molecule has 31 heavy (non-hydrogen) atoms. The summed E-state index contributed by atoms with van der Waals surface area (Å²) < 4.78 is 8.18. The van der Waals surface area contributed by atoms with Gasteiger partial charge in [0.25, 0.3) is 5.91 Å². The normalized spacial score (nSPS) is 10.9. The van der Waals surface area contributed by atoms with Crippen LogP contribution >= 0.6 is 0 Å². The highest BCUT2D eigenvalue weighted by molar-refractivity contribution is 5.92. The zero-order valence-electron chi connectivity index (χ0n) is 18.1. The van der Waals surface area contributed by atoms with Crippen molar-refractivity contribution in [1.29, 1.82) is 0 Å². The molecule has 2 heterocycles. The fourth-order valence-corrected chi connectivity index (χ4v) is 3.67. The van der Waals surface area contributed by atoms with Crippen LogP contribution in [0, 0.1) is 13.8 Å². The summed E-state index contributed by atoms with van der Waals surface area (Å²) in [4.78, 5) is 23.3. The molecule has 6 nitrogen and oxygen atoms in total. The number of hydrogen-bond donors (Lipinski definition) is 0. The predicted molar refractivity (Wildman–Crippen MR) is 121 cm³/mol. The lowest BCUT2D eigenvalue weighted by Gasteiger charge is -2.18. The molecule has 0 N–H and O–H groups in total. The number of carbonyl (C=O) groups is 1. The number of amides is 1. The third-order valence-electron chi connectivity index (χ3n) is 5.25. The topological polar surface area (TPSA) is 60.2 Å². The number of pyridine rings is 1. The standard InChI is InChI=1S/C25H26N4O2/c1-18-11-12-23(19(2)16-18)31-15-14-29-22-10-5-4-8-20(22)27-24(29)17-28(3)25(30)21-9-6-7-13-26-21/h4-13,16H,14-15,17H2,1-3H3. The summed E-state index contributed by atoms with van der Waals surface area (Å²) in [5, 5.41) is 0. The quantitative estimate of drug-likeness (QED) is 0.450. The Labute approximate surface area is 182 Å². The van der Waals surface area contributed by atoms with E-state index >= 15 is 0 Å². The first-order valence-corrected chi connectivity index (χ1v) is 10.3. The van der Waals surface area contributed by atoms with Gasteiger partial charge in [0, 0.05) is 13.2 Å². The van der Waals surface area contributed by atoms with E-state index in [9.17, 15) is 4.79 Å². The van der Waals surface area contributed by atoms with E-state index in [0.717, 1.165) is 28.2 Å². The van der Waals surface area contributed by atoms with Crippen molar-refractivity contribution in [3.05, 3.63) is 89.5 Å². The molecule has 0 spiro atoms. The van der Waals surface area contributed by atoms with E-state index < -0.39 is 0 Å². The molecule has 0 aliphatic carbocycles.